The molecule has 0 spiro atoms. The fourth-order valence-electron chi connectivity index (χ4n) is 1.98. The third-order valence-corrected chi connectivity index (χ3v) is 2.89. The molecule has 0 radical (unpaired) electrons. The smallest absolute Gasteiger partial charge is 0.424 e. The number of para-hydroxylation sites is 1. The van der Waals surface area contributed by atoms with E-state index in [1.807, 2.05) is 0 Å². The largest absolute Gasteiger partial charge is 0.494 e. The predicted molar refractivity (Wildman–Crippen MR) is 68.3 cm³/mol. The van der Waals surface area contributed by atoms with Crippen LogP contribution in [0.5, 0.6) is 5.75 Å². The SMILES string of the molecule is COc1c(C(F)(F)F)c(F)n(-c2ccccc2)c(=O)c1C#N. The van der Waals surface area contributed by atoms with Crippen molar-refractivity contribution in [1.29, 1.82) is 5.26 Å². The third kappa shape index (κ3) is 2.41. The molecule has 0 bridgehead atoms. The van der Waals surface area contributed by atoms with Gasteiger partial charge in [0, 0.05) is 0 Å². The number of benzene rings is 1. The molecule has 0 aliphatic heterocycles. The van der Waals surface area contributed by atoms with Crippen LogP contribution in [0.25, 0.3) is 5.69 Å². The van der Waals surface area contributed by atoms with Crippen molar-refractivity contribution in [2.45, 2.75) is 6.18 Å². The predicted octanol–water partition coefficient (Wildman–Crippen LogP) is 2.88. The van der Waals surface area contributed by atoms with Crippen LogP contribution in [0, 0.1) is 17.3 Å². The lowest BCUT2D eigenvalue weighted by atomic mass is 10.1. The molecule has 2 aromatic rings. The van der Waals surface area contributed by atoms with Crippen molar-refractivity contribution in [2.24, 2.45) is 0 Å². The molecule has 0 saturated heterocycles. The van der Waals surface area contributed by atoms with E-state index in [-0.39, 0.29) is 10.3 Å². The first-order valence-electron chi connectivity index (χ1n) is 5.88. The Hall–Kier alpha value is -2.82. The Kier molecular flexibility index (Phi) is 3.91. The van der Waals surface area contributed by atoms with E-state index < -0.39 is 34.6 Å². The minimum absolute atomic E-state index is 0.130. The summed E-state index contributed by atoms with van der Waals surface area (Å²) in [5, 5.41) is 8.95. The topological polar surface area (TPSA) is 55.0 Å². The van der Waals surface area contributed by atoms with Crippen LogP contribution < -0.4 is 10.3 Å². The Morgan fingerprint density at radius 3 is 2.27 bits per heavy atom. The summed E-state index contributed by atoms with van der Waals surface area (Å²) in [4.78, 5) is 12.1. The maximum absolute atomic E-state index is 14.3. The molecule has 4 nitrogen and oxygen atoms in total. The van der Waals surface area contributed by atoms with Gasteiger partial charge in [0.2, 0.25) is 5.95 Å². The average molecular weight is 312 g/mol. The molecule has 0 atom stereocenters. The summed E-state index contributed by atoms with van der Waals surface area (Å²) in [6.45, 7) is 0. The molecule has 22 heavy (non-hydrogen) atoms. The number of ether oxygens (including phenoxy) is 1. The van der Waals surface area contributed by atoms with Gasteiger partial charge >= 0.3 is 6.18 Å². The summed E-state index contributed by atoms with van der Waals surface area (Å²) < 4.78 is 58.3. The van der Waals surface area contributed by atoms with Gasteiger partial charge in [-0.2, -0.15) is 22.8 Å². The highest BCUT2D eigenvalue weighted by atomic mass is 19.4. The van der Waals surface area contributed by atoms with Crippen molar-refractivity contribution < 1.29 is 22.3 Å². The number of pyridine rings is 1. The van der Waals surface area contributed by atoms with E-state index in [4.69, 9.17) is 5.26 Å². The van der Waals surface area contributed by atoms with Crippen LogP contribution in [0.15, 0.2) is 35.1 Å². The zero-order valence-corrected chi connectivity index (χ0v) is 11.1. The second-order valence-electron chi connectivity index (χ2n) is 4.16. The van der Waals surface area contributed by atoms with E-state index in [0.29, 0.717) is 0 Å². The second-order valence-corrected chi connectivity index (χ2v) is 4.16. The summed E-state index contributed by atoms with van der Waals surface area (Å²) in [6, 6.07) is 8.23. The summed E-state index contributed by atoms with van der Waals surface area (Å²) >= 11 is 0. The Morgan fingerprint density at radius 1 is 1.23 bits per heavy atom. The Bertz CT molecular complexity index is 805. The van der Waals surface area contributed by atoms with E-state index in [0.717, 1.165) is 7.11 Å². The van der Waals surface area contributed by atoms with Gasteiger partial charge in [0.1, 0.15) is 6.07 Å². The maximum atomic E-state index is 14.3. The van der Waals surface area contributed by atoms with E-state index in [1.54, 1.807) is 6.07 Å². The first kappa shape index (κ1) is 15.6. The van der Waals surface area contributed by atoms with Crippen molar-refractivity contribution in [3.8, 4) is 17.5 Å². The number of hydrogen-bond donors (Lipinski definition) is 0. The monoisotopic (exact) mass is 312 g/mol. The lowest BCUT2D eigenvalue weighted by Crippen LogP contribution is -2.29. The Morgan fingerprint density at radius 2 is 1.82 bits per heavy atom. The van der Waals surface area contributed by atoms with Crippen molar-refractivity contribution in [3.63, 3.8) is 0 Å². The zero-order chi connectivity index (χ0) is 16.5. The molecule has 2 rings (SSSR count). The molecular formula is C14H8F4N2O2. The molecule has 1 aromatic heterocycles. The van der Waals surface area contributed by atoms with Gasteiger partial charge in [0.05, 0.1) is 12.8 Å². The summed E-state index contributed by atoms with van der Waals surface area (Å²) in [5.41, 5.74) is -4.07. The van der Waals surface area contributed by atoms with E-state index >= 15 is 0 Å². The molecule has 0 amide bonds. The van der Waals surface area contributed by atoms with Crippen molar-refractivity contribution in [1.82, 2.24) is 4.57 Å². The summed E-state index contributed by atoms with van der Waals surface area (Å²) in [5.74, 6) is -2.95. The van der Waals surface area contributed by atoms with Gasteiger partial charge < -0.3 is 4.74 Å². The molecular weight excluding hydrogens is 304 g/mol. The molecule has 1 heterocycles. The summed E-state index contributed by atoms with van der Waals surface area (Å²) in [6.07, 6.45) is -5.13. The third-order valence-electron chi connectivity index (χ3n) is 2.89. The minimum atomic E-state index is -5.13. The molecule has 0 unspecified atom stereocenters. The molecule has 0 saturated carbocycles. The lowest BCUT2D eigenvalue weighted by Gasteiger charge is -2.17. The Labute approximate surface area is 121 Å². The highest BCUT2D eigenvalue weighted by molar-refractivity contribution is 5.50. The van der Waals surface area contributed by atoms with Crippen LogP contribution in [0.4, 0.5) is 17.6 Å². The number of aromatic nitrogens is 1. The van der Waals surface area contributed by atoms with Gasteiger partial charge in [-0.3, -0.25) is 9.36 Å². The molecule has 0 fully saturated rings. The molecule has 0 aliphatic rings. The normalized spacial score (nSPS) is 11.1. The van der Waals surface area contributed by atoms with Crippen LogP contribution in [0.2, 0.25) is 0 Å². The highest BCUT2D eigenvalue weighted by Gasteiger charge is 2.42. The Balaban J connectivity index is 3.00. The van der Waals surface area contributed by atoms with Gasteiger partial charge in [0.25, 0.3) is 5.56 Å². The zero-order valence-electron chi connectivity index (χ0n) is 11.1. The van der Waals surface area contributed by atoms with Crippen LogP contribution in [-0.4, -0.2) is 11.7 Å². The molecule has 1 aromatic carbocycles. The van der Waals surface area contributed by atoms with E-state index in [9.17, 15) is 22.4 Å². The van der Waals surface area contributed by atoms with Crippen molar-refractivity contribution in [2.75, 3.05) is 7.11 Å². The second kappa shape index (κ2) is 5.52. The van der Waals surface area contributed by atoms with Crippen molar-refractivity contribution >= 4 is 0 Å². The van der Waals surface area contributed by atoms with Crippen LogP contribution in [-0.2, 0) is 6.18 Å². The van der Waals surface area contributed by atoms with Gasteiger partial charge in [-0.05, 0) is 12.1 Å². The highest BCUT2D eigenvalue weighted by Crippen LogP contribution is 2.39. The molecule has 8 heteroatoms. The number of methoxy groups -OCH3 is 1. The fourth-order valence-corrected chi connectivity index (χ4v) is 1.98. The number of hydrogen-bond acceptors (Lipinski definition) is 3. The lowest BCUT2D eigenvalue weighted by molar-refractivity contribution is -0.141. The van der Waals surface area contributed by atoms with Crippen LogP contribution in [0.1, 0.15) is 11.1 Å². The minimum Gasteiger partial charge on any atom is -0.494 e. The molecule has 114 valence electrons. The number of rotatable bonds is 2. The van der Waals surface area contributed by atoms with Crippen LogP contribution >= 0.6 is 0 Å². The first-order chi connectivity index (χ1) is 10.3. The number of halogens is 4. The van der Waals surface area contributed by atoms with Gasteiger partial charge in [-0.1, -0.05) is 18.2 Å². The molecule has 0 aliphatic carbocycles. The van der Waals surface area contributed by atoms with Crippen molar-refractivity contribution in [3.05, 3.63) is 57.8 Å². The van der Waals surface area contributed by atoms with E-state index in [1.165, 1.54) is 30.3 Å². The van der Waals surface area contributed by atoms with Gasteiger partial charge in [0.15, 0.2) is 16.9 Å². The average Bonchev–Trinajstić information content (AvgIpc) is 2.46. The standard InChI is InChI=1S/C14H8F4N2O2/c1-22-11-9(7-19)13(21)20(8-5-3-2-4-6-8)12(15)10(11)14(16,17)18/h2-6H,1H3. The first-order valence-corrected chi connectivity index (χ1v) is 5.88. The molecule has 0 N–H and O–H groups in total. The maximum Gasteiger partial charge on any atom is 0.424 e. The number of nitrogens with zero attached hydrogens (tertiary/aromatic N) is 2. The number of alkyl halides is 3. The van der Waals surface area contributed by atoms with Gasteiger partial charge in [-0.15, -0.1) is 0 Å². The fraction of sp³-hybridized carbons (Fsp3) is 0.143. The quantitative estimate of drug-likeness (QED) is 0.633. The van der Waals surface area contributed by atoms with Gasteiger partial charge in [-0.25, -0.2) is 0 Å². The summed E-state index contributed by atoms with van der Waals surface area (Å²) in [7, 11) is 0.831. The number of nitriles is 1. The van der Waals surface area contributed by atoms with Crippen LogP contribution in [0.3, 0.4) is 0 Å². The van der Waals surface area contributed by atoms with E-state index in [2.05, 4.69) is 4.74 Å².